The fourth-order valence-corrected chi connectivity index (χ4v) is 4.17. The van der Waals surface area contributed by atoms with E-state index in [1.54, 1.807) is 11.8 Å². The van der Waals surface area contributed by atoms with Crippen LogP contribution in [0.2, 0.25) is 0 Å². The van der Waals surface area contributed by atoms with Crippen molar-refractivity contribution in [2.45, 2.75) is 37.6 Å². The third kappa shape index (κ3) is 3.27. The van der Waals surface area contributed by atoms with Crippen LogP contribution in [0.25, 0.3) is 0 Å². The van der Waals surface area contributed by atoms with E-state index in [9.17, 15) is 13.2 Å². The maximum atomic E-state index is 12.3. The Kier molecular flexibility index (Phi) is 4.47. The van der Waals surface area contributed by atoms with Crippen molar-refractivity contribution in [3.05, 3.63) is 0 Å². The summed E-state index contributed by atoms with van der Waals surface area (Å²) in [5.74, 6) is 0.0796. The highest BCUT2D eigenvalue weighted by molar-refractivity contribution is 7.92. The summed E-state index contributed by atoms with van der Waals surface area (Å²) in [4.78, 5) is 14.0. The van der Waals surface area contributed by atoms with E-state index in [0.717, 1.165) is 6.54 Å². The molecule has 110 valence electrons. The normalized spacial score (nSPS) is 35.1. The molecule has 3 atom stereocenters. The number of carbonyl (C=O) groups excluding carboxylic acids is 1. The van der Waals surface area contributed by atoms with Crippen LogP contribution < -0.4 is 5.32 Å². The van der Waals surface area contributed by atoms with Gasteiger partial charge in [0.05, 0.1) is 24.2 Å². The van der Waals surface area contributed by atoms with E-state index in [1.807, 2.05) is 6.92 Å². The van der Waals surface area contributed by atoms with E-state index in [2.05, 4.69) is 5.32 Å². The summed E-state index contributed by atoms with van der Waals surface area (Å²) < 4.78 is 28.9. The second kappa shape index (κ2) is 5.76. The van der Waals surface area contributed by atoms with Gasteiger partial charge in [0.25, 0.3) is 0 Å². The molecular formula is C12H22N2O4S. The van der Waals surface area contributed by atoms with Gasteiger partial charge in [-0.3, -0.25) is 4.79 Å². The fourth-order valence-electron chi connectivity index (χ4n) is 2.60. The van der Waals surface area contributed by atoms with Crippen molar-refractivity contribution >= 4 is 15.7 Å². The largest absolute Gasteiger partial charge is 0.378 e. The molecule has 2 saturated heterocycles. The molecule has 0 saturated carbocycles. The Morgan fingerprint density at radius 1 is 1.42 bits per heavy atom. The summed E-state index contributed by atoms with van der Waals surface area (Å²) in [5.41, 5.74) is 0. The third-order valence-electron chi connectivity index (χ3n) is 4.09. The summed E-state index contributed by atoms with van der Waals surface area (Å²) in [6.07, 6.45) is 0.372. The van der Waals surface area contributed by atoms with Gasteiger partial charge in [-0.15, -0.1) is 0 Å². The molecule has 19 heavy (non-hydrogen) atoms. The zero-order chi connectivity index (χ0) is 14.0. The Hall–Kier alpha value is -0.660. The predicted octanol–water partition coefficient (Wildman–Crippen LogP) is -0.601. The summed E-state index contributed by atoms with van der Waals surface area (Å²) in [6, 6.07) is -0.210. The van der Waals surface area contributed by atoms with E-state index in [-0.39, 0.29) is 23.7 Å². The molecule has 3 unspecified atom stereocenters. The van der Waals surface area contributed by atoms with Gasteiger partial charge in [0, 0.05) is 31.6 Å². The second-order valence-corrected chi connectivity index (χ2v) is 7.81. The molecule has 6 nitrogen and oxygen atoms in total. The lowest BCUT2D eigenvalue weighted by Gasteiger charge is -2.38. The van der Waals surface area contributed by atoms with E-state index in [4.69, 9.17) is 4.74 Å². The number of nitrogens with one attached hydrogen (secondary N) is 1. The van der Waals surface area contributed by atoms with Crippen LogP contribution in [0, 0.1) is 0 Å². The van der Waals surface area contributed by atoms with Gasteiger partial charge in [0.15, 0.2) is 9.84 Å². The molecule has 2 rings (SSSR count). The molecule has 0 aromatic rings. The topological polar surface area (TPSA) is 75.7 Å². The maximum absolute atomic E-state index is 12.3. The molecule has 2 aliphatic rings. The molecule has 7 heteroatoms. The summed E-state index contributed by atoms with van der Waals surface area (Å²) >= 11 is 0. The number of hydrogen-bond acceptors (Lipinski definition) is 5. The van der Waals surface area contributed by atoms with Crippen LogP contribution in [0.3, 0.4) is 0 Å². The van der Waals surface area contributed by atoms with Crippen molar-refractivity contribution in [1.82, 2.24) is 10.2 Å². The van der Waals surface area contributed by atoms with Gasteiger partial charge in [0.2, 0.25) is 5.91 Å². The molecule has 1 N–H and O–H groups in total. The molecular weight excluding hydrogens is 268 g/mol. The first-order valence-corrected chi connectivity index (χ1v) is 8.45. The Bertz CT molecular complexity index is 431. The van der Waals surface area contributed by atoms with Crippen molar-refractivity contribution in [1.29, 1.82) is 0 Å². The van der Waals surface area contributed by atoms with Gasteiger partial charge < -0.3 is 15.0 Å². The lowest BCUT2D eigenvalue weighted by atomic mass is 10.1. The van der Waals surface area contributed by atoms with Gasteiger partial charge in [-0.05, 0) is 13.8 Å². The van der Waals surface area contributed by atoms with E-state index in [0.29, 0.717) is 26.2 Å². The highest BCUT2D eigenvalue weighted by Crippen LogP contribution is 2.20. The highest BCUT2D eigenvalue weighted by atomic mass is 32.2. The number of morpholine rings is 1. The predicted molar refractivity (Wildman–Crippen MR) is 71.7 cm³/mol. The molecule has 2 fully saturated rings. The molecule has 0 radical (unpaired) electrons. The fraction of sp³-hybridized carbons (Fsp3) is 0.917. The van der Waals surface area contributed by atoms with Crippen LogP contribution in [0.15, 0.2) is 0 Å². The Morgan fingerprint density at radius 2 is 2.16 bits per heavy atom. The number of amides is 1. The molecule has 0 aromatic carbocycles. The van der Waals surface area contributed by atoms with Crippen LogP contribution in [-0.2, 0) is 19.4 Å². The maximum Gasteiger partial charge on any atom is 0.224 e. The zero-order valence-electron chi connectivity index (χ0n) is 11.5. The molecule has 1 amide bonds. The Balaban J connectivity index is 1.96. The number of ether oxygens (including phenoxy) is 1. The minimum Gasteiger partial charge on any atom is -0.378 e. The Morgan fingerprint density at radius 3 is 2.79 bits per heavy atom. The van der Waals surface area contributed by atoms with E-state index in [1.165, 1.54) is 0 Å². The number of sulfone groups is 1. The van der Waals surface area contributed by atoms with Crippen molar-refractivity contribution in [2.75, 3.05) is 32.1 Å². The average molecular weight is 290 g/mol. The molecule has 0 bridgehead atoms. The standard InChI is InChI=1S/C12H22N2O4S/c1-9-10(2)19(16,17)6-4-14(9)12(15)7-11-8-18-5-3-13-11/h9-11,13H,3-8H2,1-2H3. The monoisotopic (exact) mass is 290 g/mol. The van der Waals surface area contributed by atoms with Crippen molar-refractivity contribution < 1.29 is 17.9 Å². The summed E-state index contributed by atoms with van der Waals surface area (Å²) in [7, 11) is -3.04. The number of hydrogen-bond donors (Lipinski definition) is 1. The first kappa shape index (κ1) is 14.7. The molecule has 2 aliphatic heterocycles. The average Bonchev–Trinajstić information content (AvgIpc) is 2.37. The summed E-state index contributed by atoms with van der Waals surface area (Å²) in [5, 5.41) is 2.76. The SMILES string of the molecule is CC1C(C)S(=O)(=O)CCN1C(=O)CC1COCCN1. The van der Waals surface area contributed by atoms with Gasteiger partial charge in [-0.25, -0.2) is 8.42 Å². The lowest BCUT2D eigenvalue weighted by molar-refractivity contribution is -0.134. The van der Waals surface area contributed by atoms with Crippen LogP contribution in [-0.4, -0.2) is 68.6 Å². The van der Waals surface area contributed by atoms with Crippen LogP contribution in [0.1, 0.15) is 20.3 Å². The van der Waals surface area contributed by atoms with Crippen LogP contribution in [0.5, 0.6) is 0 Å². The minimum atomic E-state index is -3.04. The first-order valence-electron chi connectivity index (χ1n) is 6.74. The van der Waals surface area contributed by atoms with Gasteiger partial charge in [-0.1, -0.05) is 0 Å². The Labute approximate surface area is 114 Å². The quantitative estimate of drug-likeness (QED) is 0.735. The van der Waals surface area contributed by atoms with Crippen LogP contribution >= 0.6 is 0 Å². The third-order valence-corrected chi connectivity index (χ3v) is 6.37. The number of carbonyl (C=O) groups is 1. The zero-order valence-corrected chi connectivity index (χ0v) is 12.3. The molecule has 2 heterocycles. The van der Waals surface area contributed by atoms with Gasteiger partial charge in [-0.2, -0.15) is 0 Å². The smallest absolute Gasteiger partial charge is 0.224 e. The minimum absolute atomic E-state index is 0.0113. The molecule has 0 aliphatic carbocycles. The highest BCUT2D eigenvalue weighted by Gasteiger charge is 2.38. The van der Waals surface area contributed by atoms with E-state index < -0.39 is 15.1 Å². The molecule has 0 aromatic heterocycles. The number of nitrogens with zero attached hydrogens (tertiary/aromatic N) is 1. The first-order chi connectivity index (χ1) is 8.92. The lowest BCUT2D eigenvalue weighted by Crippen LogP contribution is -2.55. The van der Waals surface area contributed by atoms with Crippen molar-refractivity contribution in [3.8, 4) is 0 Å². The molecule has 0 spiro atoms. The van der Waals surface area contributed by atoms with Gasteiger partial charge in [0.1, 0.15) is 0 Å². The van der Waals surface area contributed by atoms with E-state index >= 15 is 0 Å². The second-order valence-electron chi connectivity index (χ2n) is 5.33. The van der Waals surface area contributed by atoms with Gasteiger partial charge >= 0.3 is 0 Å². The van der Waals surface area contributed by atoms with Crippen molar-refractivity contribution in [2.24, 2.45) is 0 Å². The van der Waals surface area contributed by atoms with Crippen LogP contribution in [0.4, 0.5) is 0 Å². The number of rotatable bonds is 2. The van der Waals surface area contributed by atoms with Crippen molar-refractivity contribution in [3.63, 3.8) is 0 Å². The summed E-state index contributed by atoms with van der Waals surface area (Å²) in [6.45, 7) is 5.78.